The van der Waals surface area contributed by atoms with Gasteiger partial charge in [-0.05, 0) is 25.3 Å². The van der Waals surface area contributed by atoms with Crippen LogP contribution in [0.25, 0.3) is 0 Å². The van der Waals surface area contributed by atoms with E-state index >= 15 is 0 Å². The fourth-order valence-corrected chi connectivity index (χ4v) is 3.02. The van der Waals surface area contributed by atoms with Gasteiger partial charge in [0, 0.05) is 25.0 Å². The third kappa shape index (κ3) is 7.32. The Labute approximate surface area is 153 Å². The number of amides is 1. The van der Waals surface area contributed by atoms with Crippen molar-refractivity contribution in [2.24, 2.45) is 5.92 Å². The highest BCUT2D eigenvalue weighted by molar-refractivity contribution is 7.13. The van der Waals surface area contributed by atoms with E-state index in [4.69, 9.17) is 4.74 Å². The van der Waals surface area contributed by atoms with E-state index in [9.17, 15) is 4.79 Å². The molecule has 9 heteroatoms. The van der Waals surface area contributed by atoms with Crippen LogP contribution in [0.4, 0.5) is 5.13 Å². The number of carbonyl (C=O) groups excluding carboxylic acids is 1. The van der Waals surface area contributed by atoms with Crippen molar-refractivity contribution in [3.8, 4) is 0 Å². The molecule has 0 spiro atoms. The first-order chi connectivity index (χ1) is 10.3. The van der Waals surface area contributed by atoms with Gasteiger partial charge in [-0.25, -0.2) is 4.98 Å². The molecule has 0 unspecified atom stereocenters. The van der Waals surface area contributed by atoms with E-state index in [1.165, 1.54) is 24.2 Å². The van der Waals surface area contributed by atoms with Crippen molar-refractivity contribution in [3.05, 3.63) is 11.1 Å². The molecule has 2 N–H and O–H groups in total. The van der Waals surface area contributed by atoms with Gasteiger partial charge in [-0.1, -0.05) is 0 Å². The summed E-state index contributed by atoms with van der Waals surface area (Å²) in [7, 11) is 0. The Morgan fingerprint density at radius 2 is 2.09 bits per heavy atom. The van der Waals surface area contributed by atoms with E-state index in [1.54, 1.807) is 0 Å². The van der Waals surface area contributed by atoms with Crippen molar-refractivity contribution in [1.29, 1.82) is 0 Å². The van der Waals surface area contributed by atoms with Crippen LogP contribution in [-0.4, -0.2) is 55.2 Å². The number of halogens is 2. The number of nitrogens with one attached hydrogen (secondary N) is 2. The van der Waals surface area contributed by atoms with E-state index in [0.29, 0.717) is 11.7 Å². The van der Waals surface area contributed by atoms with Gasteiger partial charge in [0.15, 0.2) is 5.13 Å². The van der Waals surface area contributed by atoms with E-state index in [0.717, 1.165) is 51.0 Å². The maximum atomic E-state index is 11.8. The Balaban J connectivity index is 0.00000132. The fourth-order valence-electron chi connectivity index (χ4n) is 2.30. The maximum Gasteiger partial charge on any atom is 0.240 e. The van der Waals surface area contributed by atoms with Crippen molar-refractivity contribution in [3.63, 3.8) is 0 Å². The molecule has 1 aromatic heterocycles. The average molecular weight is 383 g/mol. The number of ether oxygens (including phenoxy) is 1. The SMILES string of the molecule is Cl.Cl.O=C(CNCC1CC1)Nc1nc(CN2CCOCC2)cs1. The summed E-state index contributed by atoms with van der Waals surface area (Å²) in [6, 6.07) is 0. The monoisotopic (exact) mass is 382 g/mol. The first-order valence-electron chi connectivity index (χ1n) is 7.54. The molecule has 0 radical (unpaired) electrons. The first-order valence-corrected chi connectivity index (χ1v) is 8.42. The molecule has 1 saturated heterocycles. The normalized spacial score (nSPS) is 17.9. The summed E-state index contributed by atoms with van der Waals surface area (Å²) in [6.07, 6.45) is 2.60. The number of morpholine rings is 1. The second-order valence-corrected chi connectivity index (χ2v) is 6.51. The second-order valence-electron chi connectivity index (χ2n) is 5.65. The lowest BCUT2D eigenvalue weighted by Crippen LogP contribution is -2.35. The molecule has 1 aliphatic heterocycles. The highest BCUT2D eigenvalue weighted by Crippen LogP contribution is 2.27. The summed E-state index contributed by atoms with van der Waals surface area (Å²) in [5.41, 5.74) is 1.02. The largest absolute Gasteiger partial charge is 0.379 e. The van der Waals surface area contributed by atoms with Crippen LogP contribution in [-0.2, 0) is 16.1 Å². The Morgan fingerprint density at radius 3 is 2.78 bits per heavy atom. The van der Waals surface area contributed by atoms with Gasteiger partial charge in [-0.15, -0.1) is 36.2 Å². The molecule has 2 aliphatic rings. The smallest absolute Gasteiger partial charge is 0.240 e. The lowest BCUT2D eigenvalue weighted by Gasteiger charge is -2.25. The zero-order valence-electron chi connectivity index (χ0n) is 13.0. The Bertz CT molecular complexity index is 479. The average Bonchev–Trinajstić information content (AvgIpc) is 3.21. The molecular weight excluding hydrogens is 359 g/mol. The maximum absolute atomic E-state index is 11.8. The lowest BCUT2D eigenvalue weighted by atomic mass is 10.4. The van der Waals surface area contributed by atoms with Crippen LogP contribution in [0.5, 0.6) is 0 Å². The summed E-state index contributed by atoms with van der Waals surface area (Å²) >= 11 is 1.49. The highest BCUT2D eigenvalue weighted by Gasteiger charge is 2.20. The third-order valence-corrected chi connectivity index (χ3v) is 4.51. The molecule has 1 saturated carbocycles. The molecule has 0 bridgehead atoms. The van der Waals surface area contributed by atoms with Gasteiger partial charge in [0.2, 0.25) is 5.91 Å². The fraction of sp³-hybridized carbons (Fsp3) is 0.714. The molecule has 3 rings (SSSR count). The van der Waals surface area contributed by atoms with Crippen LogP contribution in [0.1, 0.15) is 18.5 Å². The Kier molecular flexibility index (Phi) is 9.34. The number of rotatable bonds is 7. The highest BCUT2D eigenvalue weighted by atomic mass is 35.5. The quantitative estimate of drug-likeness (QED) is 0.751. The van der Waals surface area contributed by atoms with Gasteiger partial charge < -0.3 is 15.4 Å². The molecule has 0 atom stereocenters. The van der Waals surface area contributed by atoms with E-state index in [-0.39, 0.29) is 30.7 Å². The number of aromatic nitrogens is 1. The standard InChI is InChI=1S/C14H22N4O2S.2ClH/c19-13(8-15-7-11-1-2-11)17-14-16-12(10-21-14)9-18-3-5-20-6-4-18;;/h10-11,15H,1-9H2,(H,16,17,19);2*1H. The van der Waals surface area contributed by atoms with Crippen molar-refractivity contribution in [1.82, 2.24) is 15.2 Å². The molecule has 132 valence electrons. The zero-order valence-corrected chi connectivity index (χ0v) is 15.4. The zero-order chi connectivity index (χ0) is 14.5. The minimum absolute atomic E-state index is 0. The van der Waals surface area contributed by atoms with Crippen molar-refractivity contribution < 1.29 is 9.53 Å². The number of thiazole rings is 1. The second kappa shape index (κ2) is 10.4. The molecule has 0 aromatic carbocycles. The van der Waals surface area contributed by atoms with Crippen LogP contribution in [0.15, 0.2) is 5.38 Å². The number of hydrogen-bond acceptors (Lipinski definition) is 6. The molecular formula is C14H24Cl2N4O2S. The van der Waals surface area contributed by atoms with E-state index in [1.807, 2.05) is 5.38 Å². The molecule has 23 heavy (non-hydrogen) atoms. The summed E-state index contributed by atoms with van der Waals surface area (Å²) in [5, 5.41) is 8.75. The predicted octanol–water partition coefficient (Wildman–Crippen LogP) is 1.76. The minimum atomic E-state index is -0.0112. The minimum Gasteiger partial charge on any atom is -0.379 e. The lowest BCUT2D eigenvalue weighted by molar-refractivity contribution is -0.115. The Morgan fingerprint density at radius 1 is 1.35 bits per heavy atom. The molecule has 1 aromatic rings. The summed E-state index contributed by atoms with van der Waals surface area (Å²) in [6.45, 7) is 5.63. The van der Waals surface area contributed by atoms with E-state index in [2.05, 4.69) is 20.5 Å². The van der Waals surface area contributed by atoms with Crippen molar-refractivity contribution in [2.75, 3.05) is 44.7 Å². The van der Waals surface area contributed by atoms with Crippen molar-refractivity contribution in [2.45, 2.75) is 19.4 Å². The number of carbonyl (C=O) groups is 1. The Hall–Kier alpha value is -0.440. The summed E-state index contributed by atoms with van der Waals surface area (Å²) in [5.74, 6) is 0.778. The van der Waals surface area contributed by atoms with Crippen LogP contribution in [0, 0.1) is 5.92 Å². The van der Waals surface area contributed by atoms with Gasteiger partial charge >= 0.3 is 0 Å². The van der Waals surface area contributed by atoms with Crippen LogP contribution in [0.2, 0.25) is 0 Å². The summed E-state index contributed by atoms with van der Waals surface area (Å²) < 4.78 is 5.33. The first kappa shape index (κ1) is 20.6. The molecule has 6 nitrogen and oxygen atoms in total. The van der Waals surface area contributed by atoms with Crippen LogP contribution < -0.4 is 10.6 Å². The molecule has 1 aliphatic carbocycles. The molecule has 2 fully saturated rings. The predicted molar refractivity (Wildman–Crippen MR) is 96.9 cm³/mol. The molecule has 1 amide bonds. The van der Waals surface area contributed by atoms with Gasteiger partial charge in [-0.3, -0.25) is 9.69 Å². The van der Waals surface area contributed by atoms with Crippen LogP contribution in [0.3, 0.4) is 0 Å². The topological polar surface area (TPSA) is 66.5 Å². The number of nitrogens with zero attached hydrogens (tertiary/aromatic N) is 2. The van der Waals surface area contributed by atoms with Crippen LogP contribution >= 0.6 is 36.2 Å². The van der Waals surface area contributed by atoms with Gasteiger partial charge in [-0.2, -0.15) is 0 Å². The summed E-state index contributed by atoms with van der Waals surface area (Å²) in [4.78, 5) is 18.6. The number of hydrogen-bond donors (Lipinski definition) is 2. The third-order valence-electron chi connectivity index (χ3n) is 3.70. The van der Waals surface area contributed by atoms with Gasteiger partial charge in [0.1, 0.15) is 0 Å². The van der Waals surface area contributed by atoms with Crippen molar-refractivity contribution >= 4 is 47.2 Å². The van der Waals surface area contributed by atoms with Gasteiger partial charge in [0.25, 0.3) is 0 Å². The molecule has 2 heterocycles. The van der Waals surface area contributed by atoms with E-state index < -0.39 is 0 Å². The van der Waals surface area contributed by atoms with Gasteiger partial charge in [0.05, 0.1) is 25.5 Å². The number of anilines is 1.